The molecule has 0 spiro atoms. The number of ketones is 1. The number of carbonyl (C=O) groups is 1. The van der Waals surface area contributed by atoms with Crippen molar-refractivity contribution >= 4 is 5.78 Å². The predicted molar refractivity (Wildman–Crippen MR) is 64.5 cm³/mol. The third-order valence-electron chi connectivity index (χ3n) is 2.73. The van der Waals surface area contributed by atoms with Crippen LogP contribution in [0.15, 0.2) is 18.2 Å². The number of para-hydroxylation sites is 1. The van der Waals surface area contributed by atoms with E-state index in [1.54, 1.807) is 6.07 Å². The summed E-state index contributed by atoms with van der Waals surface area (Å²) in [5, 5.41) is 0. The van der Waals surface area contributed by atoms with Crippen LogP contribution in [0.1, 0.15) is 22.3 Å². The largest absolute Gasteiger partial charge is 0.493 e. The van der Waals surface area contributed by atoms with Crippen molar-refractivity contribution in [2.24, 2.45) is 5.73 Å². The Hall–Kier alpha value is -1.39. The minimum absolute atomic E-state index is 0.0443. The minimum Gasteiger partial charge on any atom is -0.493 e. The number of nitrogens with two attached hydrogens (primary N) is 1. The van der Waals surface area contributed by atoms with E-state index in [1.165, 1.54) is 0 Å². The summed E-state index contributed by atoms with van der Waals surface area (Å²) in [6.45, 7) is 1.58. The van der Waals surface area contributed by atoms with Crippen molar-refractivity contribution < 1.29 is 14.3 Å². The fourth-order valence-electron chi connectivity index (χ4n) is 1.93. The van der Waals surface area contributed by atoms with Gasteiger partial charge in [-0.25, -0.2) is 0 Å². The molecule has 1 aliphatic heterocycles. The molecule has 0 aliphatic carbocycles. The van der Waals surface area contributed by atoms with Crippen LogP contribution in [0.2, 0.25) is 0 Å². The molecule has 2 N–H and O–H groups in total. The first kappa shape index (κ1) is 12.1. The second-order valence-electron chi connectivity index (χ2n) is 4.01. The van der Waals surface area contributed by atoms with Gasteiger partial charge >= 0.3 is 0 Å². The maximum absolute atomic E-state index is 11.9. The van der Waals surface area contributed by atoms with Crippen molar-refractivity contribution in [2.75, 3.05) is 26.4 Å². The van der Waals surface area contributed by atoms with E-state index in [4.69, 9.17) is 15.2 Å². The highest BCUT2D eigenvalue weighted by atomic mass is 16.5. The summed E-state index contributed by atoms with van der Waals surface area (Å²) in [6, 6.07) is 5.69. The van der Waals surface area contributed by atoms with Gasteiger partial charge < -0.3 is 15.2 Å². The zero-order chi connectivity index (χ0) is 12.1. The topological polar surface area (TPSA) is 61.5 Å². The smallest absolute Gasteiger partial charge is 0.192 e. The lowest BCUT2D eigenvalue weighted by Gasteiger charge is -2.19. The summed E-state index contributed by atoms with van der Waals surface area (Å²) in [6.07, 6.45) is 1.98. The number of ether oxygens (including phenoxy) is 2. The molecule has 1 aliphatic rings. The molecule has 0 saturated carbocycles. The van der Waals surface area contributed by atoms with Crippen molar-refractivity contribution in [3.05, 3.63) is 29.3 Å². The summed E-state index contributed by atoms with van der Waals surface area (Å²) in [5.41, 5.74) is 7.04. The third-order valence-corrected chi connectivity index (χ3v) is 2.73. The average molecular weight is 235 g/mol. The van der Waals surface area contributed by atoms with E-state index < -0.39 is 0 Å². The Morgan fingerprint density at radius 2 is 2.35 bits per heavy atom. The van der Waals surface area contributed by atoms with Gasteiger partial charge in [0.05, 0.1) is 18.8 Å². The molecule has 4 heteroatoms. The summed E-state index contributed by atoms with van der Waals surface area (Å²) in [5.74, 6) is 0.692. The number of hydrogen-bond donors (Lipinski definition) is 1. The van der Waals surface area contributed by atoms with Crippen LogP contribution in [0.4, 0.5) is 0 Å². The van der Waals surface area contributed by atoms with Gasteiger partial charge in [-0.3, -0.25) is 4.79 Å². The Labute approximate surface area is 101 Å². The molecule has 0 saturated heterocycles. The molecule has 1 aromatic rings. The normalized spacial score (nSPS) is 13.9. The molecule has 1 heterocycles. The minimum atomic E-state index is -0.0443. The molecular weight excluding hydrogens is 218 g/mol. The lowest BCUT2D eigenvalue weighted by atomic mass is 10.0. The second-order valence-corrected chi connectivity index (χ2v) is 4.01. The Bertz CT molecular complexity index is 404. The van der Waals surface area contributed by atoms with Gasteiger partial charge in [0, 0.05) is 6.54 Å². The van der Waals surface area contributed by atoms with Crippen LogP contribution in [-0.4, -0.2) is 32.1 Å². The third kappa shape index (κ3) is 2.84. The Morgan fingerprint density at radius 1 is 1.47 bits per heavy atom. The first-order chi connectivity index (χ1) is 8.33. The Kier molecular flexibility index (Phi) is 4.12. The van der Waals surface area contributed by atoms with E-state index in [1.807, 2.05) is 12.1 Å². The van der Waals surface area contributed by atoms with E-state index in [0.717, 1.165) is 24.2 Å². The van der Waals surface area contributed by atoms with E-state index in [0.29, 0.717) is 25.3 Å². The van der Waals surface area contributed by atoms with Crippen molar-refractivity contribution in [1.82, 2.24) is 0 Å². The van der Waals surface area contributed by atoms with E-state index in [9.17, 15) is 4.79 Å². The maximum atomic E-state index is 11.9. The predicted octanol–water partition coefficient (Wildman–Crippen LogP) is 1.17. The molecule has 17 heavy (non-hydrogen) atoms. The number of Topliss-reactive ketones (excluding diaryl/α,β-unsaturated/α-hetero) is 1. The lowest BCUT2D eigenvalue weighted by molar-refractivity contribution is 0.0769. The van der Waals surface area contributed by atoms with Gasteiger partial charge in [-0.15, -0.1) is 0 Å². The van der Waals surface area contributed by atoms with Crippen LogP contribution in [-0.2, 0) is 11.2 Å². The number of fused-ring (bicyclic) bond motifs is 1. The van der Waals surface area contributed by atoms with Crippen LogP contribution < -0.4 is 10.5 Å². The summed E-state index contributed by atoms with van der Waals surface area (Å²) in [7, 11) is 0. The summed E-state index contributed by atoms with van der Waals surface area (Å²) < 4.78 is 10.7. The number of carbonyl (C=O) groups excluding carboxylic acids is 1. The summed E-state index contributed by atoms with van der Waals surface area (Å²) in [4.78, 5) is 11.9. The van der Waals surface area contributed by atoms with Crippen molar-refractivity contribution in [3.63, 3.8) is 0 Å². The fraction of sp³-hybridized carbons (Fsp3) is 0.462. The molecule has 0 radical (unpaired) electrons. The van der Waals surface area contributed by atoms with Crippen LogP contribution in [0.25, 0.3) is 0 Å². The second kappa shape index (κ2) is 5.80. The molecule has 0 unspecified atom stereocenters. The van der Waals surface area contributed by atoms with Gasteiger partial charge in [-0.1, -0.05) is 12.1 Å². The zero-order valence-electron chi connectivity index (χ0n) is 9.78. The lowest BCUT2D eigenvalue weighted by Crippen LogP contribution is -2.17. The molecule has 0 fully saturated rings. The van der Waals surface area contributed by atoms with Gasteiger partial charge in [-0.05, 0) is 24.5 Å². The molecule has 92 valence electrons. The molecule has 1 aromatic carbocycles. The fourth-order valence-corrected chi connectivity index (χ4v) is 1.93. The first-order valence-electron chi connectivity index (χ1n) is 5.88. The van der Waals surface area contributed by atoms with Crippen LogP contribution in [0.5, 0.6) is 5.75 Å². The molecule has 0 aromatic heterocycles. The van der Waals surface area contributed by atoms with E-state index in [2.05, 4.69) is 0 Å². The highest BCUT2D eigenvalue weighted by Gasteiger charge is 2.18. The van der Waals surface area contributed by atoms with Gasteiger partial charge in [0.1, 0.15) is 12.4 Å². The van der Waals surface area contributed by atoms with Gasteiger partial charge in [0.15, 0.2) is 5.78 Å². The van der Waals surface area contributed by atoms with Gasteiger partial charge in [-0.2, -0.15) is 0 Å². The highest BCUT2D eigenvalue weighted by molar-refractivity contribution is 6.00. The van der Waals surface area contributed by atoms with Crippen LogP contribution >= 0.6 is 0 Å². The Balaban J connectivity index is 2.12. The molecule has 2 rings (SSSR count). The van der Waals surface area contributed by atoms with Crippen molar-refractivity contribution in [1.29, 1.82) is 0 Å². The highest BCUT2D eigenvalue weighted by Crippen LogP contribution is 2.29. The van der Waals surface area contributed by atoms with Crippen molar-refractivity contribution in [2.45, 2.75) is 12.8 Å². The number of benzene rings is 1. The maximum Gasteiger partial charge on any atom is 0.192 e. The quantitative estimate of drug-likeness (QED) is 0.614. The first-order valence-corrected chi connectivity index (χ1v) is 5.88. The van der Waals surface area contributed by atoms with Crippen LogP contribution in [0, 0.1) is 0 Å². The molecule has 0 bridgehead atoms. The number of aryl methyl sites for hydroxylation is 1. The molecule has 0 atom stereocenters. The molecule has 4 nitrogen and oxygen atoms in total. The van der Waals surface area contributed by atoms with Crippen LogP contribution in [0.3, 0.4) is 0 Å². The number of rotatable bonds is 5. The SMILES string of the molecule is NCCOCC(=O)c1cccc2c1OCCC2. The van der Waals surface area contributed by atoms with Gasteiger partial charge in [0.2, 0.25) is 0 Å². The summed E-state index contributed by atoms with van der Waals surface area (Å²) >= 11 is 0. The Morgan fingerprint density at radius 3 is 3.18 bits per heavy atom. The molecular formula is C13H17NO3. The molecule has 0 amide bonds. The standard InChI is InChI=1S/C13H17NO3/c14-6-8-16-9-12(15)11-5-1-3-10-4-2-7-17-13(10)11/h1,3,5H,2,4,6-9,14H2. The van der Waals surface area contributed by atoms with E-state index in [-0.39, 0.29) is 12.4 Å². The zero-order valence-corrected chi connectivity index (χ0v) is 9.78. The van der Waals surface area contributed by atoms with Gasteiger partial charge in [0.25, 0.3) is 0 Å². The average Bonchev–Trinajstić information content (AvgIpc) is 2.38. The van der Waals surface area contributed by atoms with E-state index >= 15 is 0 Å². The van der Waals surface area contributed by atoms with Crippen molar-refractivity contribution in [3.8, 4) is 5.75 Å². The number of hydrogen-bond acceptors (Lipinski definition) is 4. The monoisotopic (exact) mass is 235 g/mol.